The minimum absolute atomic E-state index is 0.265. The van der Waals surface area contributed by atoms with Crippen LogP contribution >= 0.6 is 11.3 Å². The van der Waals surface area contributed by atoms with Crippen LogP contribution in [0.25, 0.3) is 21.1 Å². The number of aryl methyl sites for hydroxylation is 4. The van der Waals surface area contributed by atoms with Crippen molar-refractivity contribution < 1.29 is 8.42 Å². The molecule has 4 heterocycles. The number of nitrogens with zero attached hydrogens (tertiary/aromatic N) is 5. The first-order chi connectivity index (χ1) is 18.4. The number of piperazine rings is 1. The van der Waals surface area contributed by atoms with Crippen molar-refractivity contribution in [2.24, 2.45) is 0 Å². The van der Waals surface area contributed by atoms with Crippen LogP contribution in [0.1, 0.15) is 21.8 Å². The fraction of sp³-hybridized carbons (Fsp3) is 0.276. The molecule has 2 aromatic carbocycles. The molecule has 0 amide bonds. The van der Waals surface area contributed by atoms with Gasteiger partial charge >= 0.3 is 0 Å². The van der Waals surface area contributed by atoms with Crippen molar-refractivity contribution in [3.8, 4) is 0 Å². The standard InChI is InChI=1S/C29H29N5O2S2/c1-20-21(2)37-29-26(20)28(31-25(32-29)14-13-22-8-4-3-5-9-22)33-16-18-34(19-17-33)38(35,36)24-12-6-10-23-11-7-15-30-27(23)24/h3-12,15H,13-14,16-19H2,1-2H3. The number of anilines is 1. The van der Waals surface area contributed by atoms with Crippen LogP contribution in [0.4, 0.5) is 5.82 Å². The van der Waals surface area contributed by atoms with Crippen molar-refractivity contribution in [3.05, 3.63) is 88.7 Å². The van der Waals surface area contributed by atoms with Gasteiger partial charge in [-0.2, -0.15) is 4.31 Å². The van der Waals surface area contributed by atoms with Crippen LogP contribution in [0.15, 0.2) is 71.8 Å². The zero-order valence-electron chi connectivity index (χ0n) is 21.5. The Kier molecular flexibility index (Phi) is 6.59. The molecule has 0 unspecified atom stereocenters. The predicted molar refractivity (Wildman–Crippen MR) is 153 cm³/mol. The van der Waals surface area contributed by atoms with E-state index in [1.165, 1.54) is 16.0 Å². The SMILES string of the molecule is Cc1sc2nc(CCc3ccccc3)nc(N3CCN(S(=O)(=O)c4cccc5cccnc45)CC3)c2c1C. The van der Waals surface area contributed by atoms with Crippen LogP contribution in [0.3, 0.4) is 0 Å². The van der Waals surface area contributed by atoms with E-state index in [2.05, 4.69) is 48.0 Å². The largest absolute Gasteiger partial charge is 0.353 e. The zero-order valence-corrected chi connectivity index (χ0v) is 23.1. The van der Waals surface area contributed by atoms with Gasteiger partial charge in [-0.3, -0.25) is 4.98 Å². The van der Waals surface area contributed by atoms with E-state index in [0.29, 0.717) is 31.7 Å². The van der Waals surface area contributed by atoms with Gasteiger partial charge in [0.15, 0.2) is 0 Å². The summed E-state index contributed by atoms with van der Waals surface area (Å²) in [6.07, 6.45) is 3.27. The molecular formula is C29H29N5O2S2. The van der Waals surface area contributed by atoms with Crippen LogP contribution in [-0.4, -0.2) is 53.9 Å². The molecule has 5 aromatic rings. The van der Waals surface area contributed by atoms with Crippen LogP contribution in [0.2, 0.25) is 0 Å². The van der Waals surface area contributed by atoms with Crippen molar-refractivity contribution in [2.45, 2.75) is 31.6 Å². The van der Waals surface area contributed by atoms with Crippen molar-refractivity contribution in [3.63, 3.8) is 0 Å². The number of benzene rings is 2. The molecule has 0 aliphatic carbocycles. The third kappa shape index (κ3) is 4.55. The second kappa shape index (κ2) is 10.1. The average Bonchev–Trinajstić information content (AvgIpc) is 3.24. The molecule has 0 saturated carbocycles. The molecule has 194 valence electrons. The maximum absolute atomic E-state index is 13.6. The quantitative estimate of drug-likeness (QED) is 0.295. The highest BCUT2D eigenvalue weighted by atomic mass is 32.2. The molecule has 0 bridgehead atoms. The van der Waals surface area contributed by atoms with Crippen LogP contribution in [-0.2, 0) is 22.9 Å². The number of sulfonamides is 1. The van der Waals surface area contributed by atoms with Gasteiger partial charge in [-0.15, -0.1) is 11.3 Å². The lowest BCUT2D eigenvalue weighted by molar-refractivity contribution is 0.384. The van der Waals surface area contributed by atoms with Gasteiger partial charge < -0.3 is 4.90 Å². The second-order valence-corrected chi connectivity index (χ2v) is 12.7. The normalized spacial score (nSPS) is 14.9. The Morgan fingerprint density at radius 3 is 2.42 bits per heavy atom. The molecule has 1 fully saturated rings. The average molecular weight is 544 g/mol. The minimum atomic E-state index is -3.67. The fourth-order valence-corrected chi connectivity index (χ4v) is 7.71. The van der Waals surface area contributed by atoms with E-state index in [4.69, 9.17) is 9.97 Å². The third-order valence-corrected chi connectivity index (χ3v) is 10.3. The van der Waals surface area contributed by atoms with Gasteiger partial charge in [0, 0.05) is 49.1 Å². The number of hydrogen-bond acceptors (Lipinski definition) is 7. The lowest BCUT2D eigenvalue weighted by atomic mass is 10.1. The number of para-hydroxylation sites is 1. The maximum Gasteiger partial charge on any atom is 0.245 e. The maximum atomic E-state index is 13.6. The highest BCUT2D eigenvalue weighted by Gasteiger charge is 2.31. The fourth-order valence-electron chi connectivity index (χ4n) is 5.08. The van der Waals surface area contributed by atoms with E-state index in [0.717, 1.165) is 40.1 Å². The van der Waals surface area contributed by atoms with E-state index < -0.39 is 10.0 Å². The predicted octanol–water partition coefficient (Wildman–Crippen LogP) is 5.15. The molecule has 1 aliphatic rings. The molecule has 0 N–H and O–H groups in total. The van der Waals surface area contributed by atoms with Gasteiger partial charge in [-0.1, -0.05) is 48.5 Å². The Morgan fingerprint density at radius 2 is 1.63 bits per heavy atom. The lowest BCUT2D eigenvalue weighted by Gasteiger charge is -2.35. The molecule has 0 atom stereocenters. The van der Waals surface area contributed by atoms with Crippen molar-refractivity contribution >= 4 is 48.3 Å². The Bertz CT molecular complexity index is 1720. The zero-order chi connectivity index (χ0) is 26.3. The van der Waals surface area contributed by atoms with E-state index in [1.54, 1.807) is 34.0 Å². The van der Waals surface area contributed by atoms with Crippen molar-refractivity contribution in [2.75, 3.05) is 31.1 Å². The molecule has 3 aromatic heterocycles. The van der Waals surface area contributed by atoms with Crippen LogP contribution in [0, 0.1) is 13.8 Å². The van der Waals surface area contributed by atoms with E-state index >= 15 is 0 Å². The minimum Gasteiger partial charge on any atom is -0.353 e. The Morgan fingerprint density at radius 1 is 0.868 bits per heavy atom. The van der Waals surface area contributed by atoms with Gasteiger partial charge in [0.05, 0.1) is 10.9 Å². The van der Waals surface area contributed by atoms with Gasteiger partial charge in [-0.05, 0) is 43.5 Å². The van der Waals surface area contributed by atoms with Gasteiger partial charge in [0.2, 0.25) is 10.0 Å². The first-order valence-electron chi connectivity index (χ1n) is 12.8. The molecule has 6 rings (SSSR count). The number of fused-ring (bicyclic) bond motifs is 2. The number of hydrogen-bond donors (Lipinski definition) is 0. The molecule has 0 spiro atoms. The van der Waals surface area contributed by atoms with Crippen LogP contribution < -0.4 is 4.90 Å². The highest BCUT2D eigenvalue weighted by Crippen LogP contribution is 2.36. The summed E-state index contributed by atoms with van der Waals surface area (Å²) < 4.78 is 28.8. The Hall–Kier alpha value is -3.40. The first kappa shape index (κ1) is 24.9. The second-order valence-electron chi connectivity index (χ2n) is 9.63. The monoisotopic (exact) mass is 543 g/mol. The number of rotatable bonds is 6. The van der Waals surface area contributed by atoms with E-state index in [9.17, 15) is 8.42 Å². The molecule has 7 nitrogen and oxygen atoms in total. The topological polar surface area (TPSA) is 79.3 Å². The van der Waals surface area contributed by atoms with E-state index in [-0.39, 0.29) is 4.90 Å². The summed E-state index contributed by atoms with van der Waals surface area (Å²) in [6.45, 7) is 6.15. The first-order valence-corrected chi connectivity index (χ1v) is 15.1. The summed E-state index contributed by atoms with van der Waals surface area (Å²) in [6, 6.07) is 19.4. The molecule has 0 radical (unpaired) electrons. The van der Waals surface area contributed by atoms with Crippen LogP contribution in [0.5, 0.6) is 0 Å². The van der Waals surface area contributed by atoms with Gasteiger partial charge in [0.25, 0.3) is 0 Å². The smallest absolute Gasteiger partial charge is 0.245 e. The summed E-state index contributed by atoms with van der Waals surface area (Å²) in [5.74, 6) is 1.75. The number of pyridine rings is 1. The summed E-state index contributed by atoms with van der Waals surface area (Å²) >= 11 is 1.70. The Balaban J connectivity index is 1.27. The molecular weight excluding hydrogens is 514 g/mol. The Labute approximate surface area is 226 Å². The number of thiophene rings is 1. The molecule has 1 saturated heterocycles. The number of aromatic nitrogens is 3. The summed E-state index contributed by atoms with van der Waals surface area (Å²) in [7, 11) is -3.67. The summed E-state index contributed by atoms with van der Waals surface area (Å²) in [4.78, 5) is 19.1. The van der Waals surface area contributed by atoms with Gasteiger partial charge in [0.1, 0.15) is 21.4 Å². The lowest BCUT2D eigenvalue weighted by Crippen LogP contribution is -2.49. The highest BCUT2D eigenvalue weighted by molar-refractivity contribution is 7.89. The summed E-state index contributed by atoms with van der Waals surface area (Å²) in [5, 5.41) is 1.91. The molecule has 38 heavy (non-hydrogen) atoms. The molecule has 1 aliphatic heterocycles. The summed E-state index contributed by atoms with van der Waals surface area (Å²) in [5.41, 5.74) is 2.98. The van der Waals surface area contributed by atoms with Crippen molar-refractivity contribution in [1.29, 1.82) is 0 Å². The van der Waals surface area contributed by atoms with Crippen molar-refractivity contribution in [1.82, 2.24) is 19.3 Å². The van der Waals surface area contributed by atoms with Gasteiger partial charge in [-0.25, -0.2) is 18.4 Å². The van der Waals surface area contributed by atoms with E-state index in [1.807, 2.05) is 24.3 Å². The molecule has 9 heteroatoms. The third-order valence-electron chi connectivity index (χ3n) is 7.29.